The number of hydrogen-bond donors (Lipinski definition) is 1. The highest BCUT2D eigenvalue weighted by Crippen LogP contribution is 2.31. The van der Waals surface area contributed by atoms with Gasteiger partial charge in [0.05, 0.1) is 18.6 Å². The molecule has 0 saturated carbocycles. The molecular weight excluding hydrogens is 597 g/mol. The molecule has 42 heavy (non-hydrogen) atoms. The van der Waals surface area contributed by atoms with E-state index in [1.54, 1.807) is 49.4 Å². The first-order valence-corrected chi connectivity index (χ1v) is 16.1. The average Bonchev–Trinajstić information content (AvgIpc) is 2.90. The monoisotopic (exact) mass is 633 g/mol. The second kappa shape index (κ2) is 14.3. The zero-order valence-corrected chi connectivity index (χ0v) is 26.8. The summed E-state index contributed by atoms with van der Waals surface area (Å²) in [5.74, 6) is -0.707. The number of nitrogens with one attached hydrogen (secondary N) is 1. The predicted molar refractivity (Wildman–Crippen MR) is 169 cm³/mol. The van der Waals surface area contributed by atoms with Crippen molar-refractivity contribution in [3.63, 3.8) is 0 Å². The van der Waals surface area contributed by atoms with Crippen LogP contribution in [0.25, 0.3) is 0 Å². The van der Waals surface area contributed by atoms with Crippen LogP contribution in [0.3, 0.4) is 0 Å². The van der Waals surface area contributed by atoms with Gasteiger partial charge in [-0.15, -0.1) is 0 Å². The lowest BCUT2D eigenvalue weighted by Crippen LogP contribution is -2.56. The second-order valence-corrected chi connectivity index (χ2v) is 13.6. The molecule has 3 aromatic carbocycles. The number of ether oxygens (including phenoxy) is 1. The van der Waals surface area contributed by atoms with E-state index >= 15 is 0 Å². The molecule has 0 aliphatic carbocycles. The normalized spacial score (nSPS) is 12.4. The van der Waals surface area contributed by atoms with Crippen molar-refractivity contribution in [1.82, 2.24) is 10.2 Å². The number of halogens is 2. The first kappa shape index (κ1) is 33.2. The van der Waals surface area contributed by atoms with Crippen LogP contribution >= 0.6 is 23.2 Å². The Morgan fingerprint density at radius 3 is 2.10 bits per heavy atom. The van der Waals surface area contributed by atoms with E-state index in [4.69, 9.17) is 27.9 Å². The topological polar surface area (TPSA) is 96.0 Å². The van der Waals surface area contributed by atoms with Gasteiger partial charge >= 0.3 is 0 Å². The lowest BCUT2D eigenvalue weighted by molar-refractivity contribution is -0.140. The smallest absolute Gasteiger partial charge is 0.244 e. The van der Waals surface area contributed by atoms with Crippen LogP contribution in [0, 0.1) is 0 Å². The van der Waals surface area contributed by atoms with Gasteiger partial charge in [0.1, 0.15) is 18.3 Å². The molecule has 226 valence electrons. The highest BCUT2D eigenvalue weighted by Gasteiger charge is 2.35. The molecule has 0 aliphatic heterocycles. The Morgan fingerprint density at radius 2 is 1.52 bits per heavy atom. The largest absolute Gasteiger partial charge is 0.492 e. The first-order chi connectivity index (χ1) is 19.7. The van der Waals surface area contributed by atoms with E-state index in [1.165, 1.54) is 4.90 Å². The van der Waals surface area contributed by atoms with Crippen LogP contribution in [0.1, 0.15) is 38.8 Å². The van der Waals surface area contributed by atoms with Crippen molar-refractivity contribution in [2.45, 2.75) is 52.2 Å². The fourth-order valence-corrected chi connectivity index (χ4v) is 5.77. The molecule has 0 heterocycles. The van der Waals surface area contributed by atoms with Crippen molar-refractivity contribution in [3.8, 4) is 5.75 Å². The summed E-state index contributed by atoms with van der Waals surface area (Å²) < 4.78 is 32.8. The summed E-state index contributed by atoms with van der Waals surface area (Å²) in [7, 11) is -3.96. The first-order valence-electron chi connectivity index (χ1n) is 13.5. The Hall–Kier alpha value is -3.27. The molecule has 2 amide bonds. The molecule has 0 radical (unpaired) electrons. The Morgan fingerprint density at radius 1 is 0.929 bits per heavy atom. The SMILES string of the molecule is CCOc1ccccc1N(CC(=O)N(Cc1c(Cl)cccc1Cl)C(Cc1ccccc1)C(=O)NC(C)(C)C)S(C)(=O)=O. The number of anilines is 1. The standard InChI is InChI=1S/C31H37Cl2N3O5S/c1-6-41-28-18-11-10-17-26(28)36(42(5,39)40)21-29(37)35(20-23-24(32)15-12-16-25(23)33)27(30(38)34-31(2,3)4)19-22-13-8-7-9-14-22/h7-18,27H,6,19-21H2,1-5H3,(H,34,38). The van der Waals surface area contributed by atoms with Crippen molar-refractivity contribution >= 4 is 50.7 Å². The van der Waals surface area contributed by atoms with E-state index in [-0.39, 0.29) is 18.7 Å². The Bertz CT molecular complexity index is 1470. The summed E-state index contributed by atoms with van der Waals surface area (Å²) >= 11 is 13.0. The third kappa shape index (κ3) is 9.11. The quantitative estimate of drug-likeness (QED) is 0.275. The van der Waals surface area contributed by atoms with Gasteiger partial charge in [0.2, 0.25) is 21.8 Å². The lowest BCUT2D eigenvalue weighted by Gasteiger charge is -2.35. The maximum absolute atomic E-state index is 14.3. The molecule has 1 unspecified atom stereocenters. The lowest BCUT2D eigenvalue weighted by atomic mass is 10.0. The summed E-state index contributed by atoms with van der Waals surface area (Å²) in [6.45, 7) is 6.90. The Balaban J connectivity index is 2.14. The van der Waals surface area contributed by atoms with Gasteiger partial charge in [0.25, 0.3) is 0 Å². The molecule has 0 spiro atoms. The zero-order chi connectivity index (χ0) is 31.1. The highest BCUT2D eigenvalue weighted by atomic mass is 35.5. The zero-order valence-electron chi connectivity index (χ0n) is 24.4. The van der Waals surface area contributed by atoms with Crippen LogP contribution in [0.4, 0.5) is 5.69 Å². The van der Waals surface area contributed by atoms with Crippen LogP contribution in [0.2, 0.25) is 10.0 Å². The van der Waals surface area contributed by atoms with Crippen LogP contribution in [0.5, 0.6) is 5.75 Å². The maximum atomic E-state index is 14.3. The molecule has 0 fully saturated rings. The van der Waals surface area contributed by atoms with Gasteiger partial charge in [-0.05, 0) is 57.5 Å². The van der Waals surface area contributed by atoms with Crippen LogP contribution in [-0.4, -0.2) is 56.1 Å². The van der Waals surface area contributed by atoms with Crippen LogP contribution < -0.4 is 14.4 Å². The molecule has 1 atom stereocenters. The number of hydrogen-bond acceptors (Lipinski definition) is 5. The molecule has 0 bridgehead atoms. The summed E-state index contributed by atoms with van der Waals surface area (Å²) in [4.78, 5) is 29.5. The van der Waals surface area contributed by atoms with Crippen molar-refractivity contribution in [2.24, 2.45) is 0 Å². The molecule has 0 saturated heterocycles. The molecule has 8 nitrogen and oxygen atoms in total. The van der Waals surface area contributed by atoms with Gasteiger partial charge in [-0.2, -0.15) is 0 Å². The minimum Gasteiger partial charge on any atom is -0.492 e. The number of nitrogens with zero attached hydrogens (tertiary/aromatic N) is 2. The average molecular weight is 635 g/mol. The third-order valence-corrected chi connectivity index (χ3v) is 8.11. The fraction of sp³-hybridized carbons (Fsp3) is 0.355. The van der Waals surface area contributed by atoms with E-state index in [9.17, 15) is 18.0 Å². The number of amides is 2. The molecular formula is C31H37Cl2N3O5S. The highest BCUT2D eigenvalue weighted by molar-refractivity contribution is 7.92. The number of sulfonamides is 1. The summed E-state index contributed by atoms with van der Waals surface area (Å²) in [6.07, 6.45) is 1.19. The molecule has 11 heteroatoms. The number of benzene rings is 3. The Kier molecular flexibility index (Phi) is 11.3. The van der Waals surface area contributed by atoms with E-state index in [1.807, 2.05) is 51.1 Å². The van der Waals surface area contributed by atoms with Gasteiger partial charge in [-0.3, -0.25) is 13.9 Å². The number of carbonyl (C=O) groups excluding carboxylic acids is 2. The molecule has 3 rings (SSSR count). The molecule has 3 aromatic rings. The van der Waals surface area contributed by atoms with Crippen molar-refractivity contribution < 1.29 is 22.7 Å². The van der Waals surface area contributed by atoms with Gasteiger partial charge in [0, 0.05) is 34.1 Å². The third-order valence-electron chi connectivity index (χ3n) is 6.27. The summed E-state index contributed by atoms with van der Waals surface area (Å²) in [6, 6.07) is 19.8. The van der Waals surface area contributed by atoms with Crippen LogP contribution in [0.15, 0.2) is 72.8 Å². The minimum atomic E-state index is -3.96. The summed E-state index contributed by atoms with van der Waals surface area (Å²) in [5, 5.41) is 3.61. The number of rotatable bonds is 12. The van der Waals surface area contributed by atoms with Crippen molar-refractivity contribution in [2.75, 3.05) is 23.7 Å². The van der Waals surface area contributed by atoms with E-state index in [0.717, 1.165) is 16.1 Å². The van der Waals surface area contributed by atoms with E-state index in [2.05, 4.69) is 5.32 Å². The van der Waals surface area contributed by atoms with Crippen molar-refractivity contribution in [3.05, 3.63) is 94.0 Å². The minimum absolute atomic E-state index is 0.128. The van der Waals surface area contributed by atoms with E-state index in [0.29, 0.717) is 28.0 Å². The molecule has 1 N–H and O–H groups in total. The van der Waals surface area contributed by atoms with Gasteiger partial charge in [0.15, 0.2) is 0 Å². The van der Waals surface area contributed by atoms with Crippen LogP contribution in [-0.2, 0) is 32.6 Å². The summed E-state index contributed by atoms with van der Waals surface area (Å²) in [5.41, 5.74) is 0.871. The number of carbonyl (C=O) groups is 2. The number of para-hydroxylation sites is 2. The van der Waals surface area contributed by atoms with Gasteiger partial charge in [-0.1, -0.05) is 71.7 Å². The van der Waals surface area contributed by atoms with Crippen molar-refractivity contribution in [1.29, 1.82) is 0 Å². The maximum Gasteiger partial charge on any atom is 0.244 e. The molecule has 0 aromatic heterocycles. The van der Waals surface area contributed by atoms with Gasteiger partial charge in [-0.25, -0.2) is 8.42 Å². The van der Waals surface area contributed by atoms with E-state index < -0.39 is 40.0 Å². The predicted octanol–water partition coefficient (Wildman–Crippen LogP) is 5.71. The van der Waals surface area contributed by atoms with Gasteiger partial charge < -0.3 is 15.0 Å². The second-order valence-electron chi connectivity index (χ2n) is 10.8. The Labute approximate surface area is 258 Å². The fourth-order valence-electron chi connectivity index (χ4n) is 4.40. The molecule has 0 aliphatic rings.